The smallest absolute Gasteiger partial charge is 0.326 e. The number of hydrogen-bond donors (Lipinski definition) is 2. The maximum absolute atomic E-state index is 12.1. The third kappa shape index (κ3) is 3.10. The van der Waals surface area contributed by atoms with E-state index in [1.165, 1.54) is 10.5 Å². The van der Waals surface area contributed by atoms with Gasteiger partial charge in [-0.1, -0.05) is 26.0 Å². The van der Waals surface area contributed by atoms with Crippen LogP contribution >= 0.6 is 0 Å². The first kappa shape index (κ1) is 14.4. The summed E-state index contributed by atoms with van der Waals surface area (Å²) in [5, 5.41) is 11.8. The molecular formula is C15H20N2O3. The second-order valence-electron chi connectivity index (χ2n) is 5.40. The molecule has 5 nitrogen and oxygen atoms in total. The average Bonchev–Trinajstić information content (AvgIpc) is 2.88. The van der Waals surface area contributed by atoms with Gasteiger partial charge >= 0.3 is 12.0 Å². The summed E-state index contributed by atoms with van der Waals surface area (Å²) >= 11 is 0. The van der Waals surface area contributed by atoms with Crippen molar-refractivity contribution in [2.75, 3.05) is 11.9 Å². The Labute approximate surface area is 118 Å². The standard InChI is InChI=1S/C15H20N2O3/c1-10(2)11-5-7-12(8-6-11)16-15(20)17-9-3-4-13(17)14(18)19/h5-8,10,13H,3-4,9H2,1-2H3,(H,16,20)(H,18,19). The number of aliphatic carboxylic acids is 1. The molecule has 1 aromatic rings. The molecule has 2 N–H and O–H groups in total. The third-order valence-corrected chi connectivity index (χ3v) is 3.63. The predicted molar refractivity (Wildman–Crippen MR) is 76.9 cm³/mol. The summed E-state index contributed by atoms with van der Waals surface area (Å²) in [6.45, 7) is 4.71. The molecule has 1 unspecified atom stereocenters. The minimum Gasteiger partial charge on any atom is -0.480 e. The Bertz CT molecular complexity index is 496. The fraction of sp³-hybridized carbons (Fsp3) is 0.467. The molecule has 1 heterocycles. The number of urea groups is 1. The van der Waals surface area contributed by atoms with Crippen LogP contribution in [0, 0.1) is 0 Å². The van der Waals surface area contributed by atoms with Gasteiger partial charge in [-0.05, 0) is 36.5 Å². The fourth-order valence-corrected chi connectivity index (χ4v) is 2.41. The van der Waals surface area contributed by atoms with E-state index in [0.717, 1.165) is 6.42 Å². The Kier molecular flexibility index (Phi) is 4.27. The van der Waals surface area contributed by atoms with Gasteiger partial charge in [-0.2, -0.15) is 0 Å². The van der Waals surface area contributed by atoms with Crippen molar-refractivity contribution in [2.24, 2.45) is 0 Å². The van der Waals surface area contributed by atoms with Crippen LogP contribution in [0.1, 0.15) is 38.2 Å². The number of rotatable bonds is 3. The van der Waals surface area contributed by atoms with E-state index in [2.05, 4.69) is 19.2 Å². The first-order valence-electron chi connectivity index (χ1n) is 6.89. The monoisotopic (exact) mass is 276 g/mol. The van der Waals surface area contributed by atoms with E-state index < -0.39 is 12.0 Å². The van der Waals surface area contributed by atoms with E-state index >= 15 is 0 Å². The molecule has 1 fully saturated rings. The Morgan fingerprint density at radius 1 is 1.30 bits per heavy atom. The highest BCUT2D eigenvalue weighted by Gasteiger charge is 2.33. The maximum Gasteiger partial charge on any atom is 0.326 e. The fourth-order valence-electron chi connectivity index (χ4n) is 2.41. The Morgan fingerprint density at radius 2 is 1.95 bits per heavy atom. The van der Waals surface area contributed by atoms with Crippen LogP contribution in [0.3, 0.4) is 0 Å². The molecule has 108 valence electrons. The van der Waals surface area contributed by atoms with Crippen molar-refractivity contribution in [1.82, 2.24) is 4.90 Å². The number of carboxylic acids is 1. The van der Waals surface area contributed by atoms with Crippen LogP contribution in [0.25, 0.3) is 0 Å². The molecule has 1 aliphatic heterocycles. The number of carbonyl (C=O) groups is 2. The second-order valence-corrected chi connectivity index (χ2v) is 5.40. The number of benzene rings is 1. The number of nitrogens with one attached hydrogen (secondary N) is 1. The van der Waals surface area contributed by atoms with Crippen molar-refractivity contribution in [3.8, 4) is 0 Å². The van der Waals surface area contributed by atoms with Crippen molar-refractivity contribution in [1.29, 1.82) is 0 Å². The molecule has 5 heteroatoms. The van der Waals surface area contributed by atoms with Crippen LogP contribution in [0.4, 0.5) is 10.5 Å². The van der Waals surface area contributed by atoms with E-state index in [4.69, 9.17) is 5.11 Å². The third-order valence-electron chi connectivity index (χ3n) is 3.63. The van der Waals surface area contributed by atoms with Gasteiger partial charge in [0.2, 0.25) is 0 Å². The van der Waals surface area contributed by atoms with Crippen molar-refractivity contribution in [3.05, 3.63) is 29.8 Å². The summed E-state index contributed by atoms with van der Waals surface area (Å²) in [6.07, 6.45) is 1.26. The predicted octanol–water partition coefficient (Wildman–Crippen LogP) is 2.89. The maximum atomic E-state index is 12.1. The molecule has 1 aromatic carbocycles. The molecule has 0 bridgehead atoms. The topological polar surface area (TPSA) is 69.6 Å². The number of hydrogen-bond acceptors (Lipinski definition) is 2. The molecule has 0 saturated carbocycles. The zero-order chi connectivity index (χ0) is 14.7. The van der Waals surface area contributed by atoms with Gasteiger partial charge in [0.25, 0.3) is 0 Å². The van der Waals surface area contributed by atoms with E-state index in [1.54, 1.807) is 0 Å². The van der Waals surface area contributed by atoms with Crippen LogP contribution < -0.4 is 5.32 Å². The Hall–Kier alpha value is -2.04. The van der Waals surface area contributed by atoms with Gasteiger partial charge < -0.3 is 15.3 Å². The average molecular weight is 276 g/mol. The van der Waals surface area contributed by atoms with E-state index in [-0.39, 0.29) is 6.03 Å². The molecule has 0 spiro atoms. The van der Waals surface area contributed by atoms with Gasteiger partial charge in [0, 0.05) is 12.2 Å². The van der Waals surface area contributed by atoms with Gasteiger partial charge in [-0.15, -0.1) is 0 Å². The number of anilines is 1. The highest BCUT2D eigenvalue weighted by molar-refractivity contribution is 5.92. The molecule has 1 saturated heterocycles. The first-order valence-corrected chi connectivity index (χ1v) is 6.89. The summed E-state index contributed by atoms with van der Waals surface area (Å²) in [7, 11) is 0. The number of carboxylic acid groups (broad SMARTS) is 1. The van der Waals surface area contributed by atoms with Crippen molar-refractivity contribution in [2.45, 2.75) is 38.6 Å². The van der Waals surface area contributed by atoms with Crippen molar-refractivity contribution < 1.29 is 14.7 Å². The van der Waals surface area contributed by atoms with Crippen LogP contribution in [-0.4, -0.2) is 34.6 Å². The normalized spacial score (nSPS) is 18.4. The lowest BCUT2D eigenvalue weighted by atomic mass is 10.0. The summed E-state index contributed by atoms with van der Waals surface area (Å²) < 4.78 is 0. The van der Waals surface area contributed by atoms with E-state index in [9.17, 15) is 9.59 Å². The summed E-state index contributed by atoms with van der Waals surface area (Å²) in [5.41, 5.74) is 1.89. The molecule has 2 amide bonds. The van der Waals surface area contributed by atoms with Crippen LogP contribution in [0.5, 0.6) is 0 Å². The summed E-state index contributed by atoms with van der Waals surface area (Å²) in [6, 6.07) is 6.59. The molecule has 1 aliphatic rings. The minimum absolute atomic E-state index is 0.341. The Balaban J connectivity index is 2.02. The van der Waals surface area contributed by atoms with Gasteiger partial charge in [0.05, 0.1) is 0 Å². The van der Waals surface area contributed by atoms with Gasteiger partial charge in [-0.3, -0.25) is 0 Å². The molecule has 1 atom stereocenters. The SMILES string of the molecule is CC(C)c1ccc(NC(=O)N2CCCC2C(=O)O)cc1. The van der Waals surface area contributed by atoms with Crippen molar-refractivity contribution >= 4 is 17.7 Å². The zero-order valence-corrected chi connectivity index (χ0v) is 11.8. The molecule has 0 radical (unpaired) electrons. The molecule has 0 aromatic heterocycles. The summed E-state index contributed by atoms with van der Waals surface area (Å²) in [4.78, 5) is 24.6. The number of carbonyl (C=O) groups excluding carboxylic acids is 1. The molecule has 0 aliphatic carbocycles. The Morgan fingerprint density at radius 3 is 2.50 bits per heavy atom. The highest BCUT2D eigenvalue weighted by atomic mass is 16.4. The van der Waals surface area contributed by atoms with Crippen LogP contribution in [-0.2, 0) is 4.79 Å². The van der Waals surface area contributed by atoms with Crippen LogP contribution in [0.15, 0.2) is 24.3 Å². The van der Waals surface area contributed by atoms with E-state index in [0.29, 0.717) is 24.6 Å². The highest BCUT2D eigenvalue weighted by Crippen LogP contribution is 2.20. The number of nitrogens with zero attached hydrogens (tertiary/aromatic N) is 1. The second kappa shape index (κ2) is 5.94. The first-order chi connectivity index (χ1) is 9.49. The lowest BCUT2D eigenvalue weighted by Gasteiger charge is -2.21. The lowest BCUT2D eigenvalue weighted by Crippen LogP contribution is -2.42. The van der Waals surface area contributed by atoms with Crippen molar-refractivity contribution in [3.63, 3.8) is 0 Å². The zero-order valence-electron chi connectivity index (χ0n) is 11.8. The van der Waals surface area contributed by atoms with Crippen LogP contribution in [0.2, 0.25) is 0 Å². The minimum atomic E-state index is -0.937. The van der Waals surface area contributed by atoms with Gasteiger partial charge in [-0.25, -0.2) is 9.59 Å². The lowest BCUT2D eigenvalue weighted by molar-refractivity contribution is -0.141. The van der Waals surface area contributed by atoms with Gasteiger partial charge in [0.15, 0.2) is 0 Å². The summed E-state index contributed by atoms with van der Waals surface area (Å²) in [5.74, 6) is -0.498. The number of amides is 2. The quantitative estimate of drug-likeness (QED) is 0.891. The molecule has 20 heavy (non-hydrogen) atoms. The molecule has 2 rings (SSSR count). The largest absolute Gasteiger partial charge is 0.480 e. The van der Waals surface area contributed by atoms with Gasteiger partial charge in [0.1, 0.15) is 6.04 Å². The molecular weight excluding hydrogens is 256 g/mol. The van der Waals surface area contributed by atoms with E-state index in [1.807, 2.05) is 24.3 Å². The number of likely N-dealkylation sites (tertiary alicyclic amines) is 1.